The van der Waals surface area contributed by atoms with Crippen molar-refractivity contribution >= 4 is 17.2 Å². The van der Waals surface area contributed by atoms with Crippen LogP contribution in [0.4, 0.5) is 0 Å². The van der Waals surface area contributed by atoms with E-state index >= 15 is 0 Å². The molecule has 1 atom stereocenters. The molecule has 18 heavy (non-hydrogen) atoms. The predicted molar refractivity (Wildman–Crippen MR) is 70.6 cm³/mol. The van der Waals surface area contributed by atoms with Crippen molar-refractivity contribution in [3.05, 3.63) is 39.9 Å². The summed E-state index contributed by atoms with van der Waals surface area (Å²) in [6.45, 7) is 5.95. The van der Waals surface area contributed by atoms with Crippen molar-refractivity contribution < 1.29 is 9.32 Å². The molecule has 0 fully saturated rings. The Morgan fingerprint density at radius 2 is 2.28 bits per heavy atom. The minimum Gasteiger partial charge on any atom is -0.351 e. The normalized spacial score (nSPS) is 12.7. The highest BCUT2D eigenvalue weighted by molar-refractivity contribution is 7.10. The average Bonchev–Trinajstić information content (AvgIpc) is 2.95. The Hall–Kier alpha value is -1.62. The third-order valence-corrected chi connectivity index (χ3v) is 3.61. The molecule has 1 N–H and O–H groups in total. The Labute approximate surface area is 110 Å². The first-order valence-corrected chi connectivity index (χ1v) is 6.73. The van der Waals surface area contributed by atoms with Gasteiger partial charge in [-0.2, -0.15) is 0 Å². The number of thiophene rings is 1. The Balaban J connectivity index is 2.13. The number of aromatic nitrogens is 1. The van der Waals surface area contributed by atoms with Gasteiger partial charge in [0, 0.05) is 10.9 Å². The summed E-state index contributed by atoms with van der Waals surface area (Å²) in [7, 11) is 0. The van der Waals surface area contributed by atoms with E-state index in [-0.39, 0.29) is 17.7 Å². The summed E-state index contributed by atoms with van der Waals surface area (Å²) in [6, 6.07) is 5.66. The van der Waals surface area contributed by atoms with Gasteiger partial charge < -0.3 is 9.84 Å². The molecular weight excluding hydrogens is 248 g/mol. The van der Waals surface area contributed by atoms with E-state index in [1.165, 1.54) is 0 Å². The van der Waals surface area contributed by atoms with E-state index in [0.717, 1.165) is 4.88 Å². The van der Waals surface area contributed by atoms with Gasteiger partial charge in [0.1, 0.15) is 0 Å². The number of nitrogens with one attached hydrogen (secondary N) is 1. The van der Waals surface area contributed by atoms with Crippen molar-refractivity contribution in [1.29, 1.82) is 0 Å². The van der Waals surface area contributed by atoms with Gasteiger partial charge in [0.15, 0.2) is 0 Å². The third-order valence-electron chi connectivity index (χ3n) is 2.65. The minimum absolute atomic E-state index is 0.00269. The predicted octanol–water partition coefficient (Wildman–Crippen LogP) is 3.17. The largest absolute Gasteiger partial charge is 0.351 e. The van der Waals surface area contributed by atoms with Gasteiger partial charge in [-0.25, -0.2) is 0 Å². The first kappa shape index (κ1) is 12.8. The fourth-order valence-electron chi connectivity index (χ4n) is 1.72. The number of amides is 1. The molecule has 2 aromatic heterocycles. The van der Waals surface area contributed by atoms with Crippen LogP contribution < -0.4 is 5.32 Å². The maximum atomic E-state index is 12.0. The first-order chi connectivity index (χ1) is 8.58. The summed E-state index contributed by atoms with van der Waals surface area (Å²) in [5, 5.41) is 8.71. The standard InChI is InChI=1S/C13H16N2O2S/c1-8(2)12(11-5-4-6-18-11)14-13(16)10-7-9(3)15-17-10/h4-8,12H,1-3H3,(H,14,16)/t12-/m0/s1. The topological polar surface area (TPSA) is 55.1 Å². The van der Waals surface area contributed by atoms with Gasteiger partial charge in [-0.3, -0.25) is 4.79 Å². The molecule has 0 aliphatic heterocycles. The second-order valence-corrected chi connectivity index (χ2v) is 5.52. The number of rotatable bonds is 4. The van der Waals surface area contributed by atoms with Gasteiger partial charge >= 0.3 is 0 Å². The van der Waals surface area contributed by atoms with Crippen molar-refractivity contribution in [2.24, 2.45) is 5.92 Å². The molecule has 0 radical (unpaired) electrons. The number of carbonyl (C=O) groups is 1. The van der Waals surface area contributed by atoms with Gasteiger partial charge in [0.25, 0.3) is 5.91 Å². The molecule has 1 amide bonds. The van der Waals surface area contributed by atoms with E-state index < -0.39 is 0 Å². The molecule has 2 rings (SSSR count). The number of nitrogens with zero attached hydrogens (tertiary/aromatic N) is 1. The minimum atomic E-state index is -0.220. The highest BCUT2D eigenvalue weighted by atomic mass is 32.1. The van der Waals surface area contributed by atoms with E-state index in [4.69, 9.17) is 4.52 Å². The molecule has 0 aromatic carbocycles. The monoisotopic (exact) mass is 264 g/mol. The Morgan fingerprint density at radius 1 is 1.50 bits per heavy atom. The SMILES string of the molecule is Cc1cc(C(=O)N[C@H](c2cccs2)C(C)C)on1. The quantitative estimate of drug-likeness (QED) is 0.922. The molecule has 0 unspecified atom stereocenters. The second kappa shape index (κ2) is 5.35. The molecule has 5 heteroatoms. The zero-order valence-electron chi connectivity index (χ0n) is 10.6. The average molecular weight is 264 g/mol. The lowest BCUT2D eigenvalue weighted by Crippen LogP contribution is -2.30. The molecule has 2 heterocycles. The Morgan fingerprint density at radius 3 is 2.78 bits per heavy atom. The van der Waals surface area contributed by atoms with Crippen LogP contribution >= 0.6 is 11.3 Å². The molecule has 96 valence electrons. The molecule has 0 aliphatic carbocycles. The summed E-state index contributed by atoms with van der Waals surface area (Å²) in [4.78, 5) is 13.2. The van der Waals surface area contributed by atoms with Crippen molar-refractivity contribution in [1.82, 2.24) is 10.5 Å². The van der Waals surface area contributed by atoms with Crippen molar-refractivity contribution in [3.63, 3.8) is 0 Å². The number of aryl methyl sites for hydroxylation is 1. The van der Waals surface area contributed by atoms with Crippen LogP contribution in [0.15, 0.2) is 28.1 Å². The molecular formula is C13H16N2O2S. The summed E-state index contributed by atoms with van der Waals surface area (Å²) in [5.74, 6) is 0.356. The number of hydrogen-bond acceptors (Lipinski definition) is 4. The fourth-order valence-corrected chi connectivity index (χ4v) is 2.67. The molecule has 4 nitrogen and oxygen atoms in total. The van der Waals surface area contributed by atoms with Gasteiger partial charge in [0.2, 0.25) is 5.76 Å². The van der Waals surface area contributed by atoms with E-state index in [1.807, 2.05) is 17.5 Å². The summed E-state index contributed by atoms with van der Waals surface area (Å²) < 4.78 is 4.97. The molecule has 2 aromatic rings. The third kappa shape index (κ3) is 2.79. The smallest absolute Gasteiger partial charge is 0.290 e. The van der Waals surface area contributed by atoms with Crippen LogP contribution in [0.1, 0.15) is 41.0 Å². The molecule has 0 bridgehead atoms. The fraction of sp³-hybridized carbons (Fsp3) is 0.385. The van der Waals surface area contributed by atoms with Gasteiger partial charge in [-0.05, 0) is 24.3 Å². The maximum Gasteiger partial charge on any atom is 0.290 e. The van der Waals surface area contributed by atoms with E-state index in [9.17, 15) is 4.79 Å². The zero-order valence-corrected chi connectivity index (χ0v) is 11.5. The first-order valence-electron chi connectivity index (χ1n) is 5.85. The molecule has 0 aliphatic rings. The van der Waals surface area contributed by atoms with Crippen LogP contribution in [0.2, 0.25) is 0 Å². The lowest BCUT2D eigenvalue weighted by Gasteiger charge is -2.20. The highest BCUT2D eigenvalue weighted by Crippen LogP contribution is 2.26. The van der Waals surface area contributed by atoms with Crippen molar-refractivity contribution in [2.75, 3.05) is 0 Å². The van der Waals surface area contributed by atoms with Gasteiger partial charge in [-0.1, -0.05) is 25.1 Å². The zero-order chi connectivity index (χ0) is 13.1. The van der Waals surface area contributed by atoms with E-state index in [1.54, 1.807) is 24.3 Å². The van der Waals surface area contributed by atoms with Crippen LogP contribution in [0.5, 0.6) is 0 Å². The van der Waals surface area contributed by atoms with Crippen molar-refractivity contribution in [2.45, 2.75) is 26.8 Å². The lowest BCUT2D eigenvalue weighted by atomic mass is 10.0. The van der Waals surface area contributed by atoms with Gasteiger partial charge in [-0.15, -0.1) is 11.3 Å². The van der Waals surface area contributed by atoms with Crippen LogP contribution in [0, 0.1) is 12.8 Å². The summed E-state index contributed by atoms with van der Waals surface area (Å²) in [5.41, 5.74) is 0.706. The molecule has 0 spiro atoms. The summed E-state index contributed by atoms with van der Waals surface area (Å²) in [6.07, 6.45) is 0. The van der Waals surface area contributed by atoms with E-state index in [2.05, 4.69) is 24.3 Å². The Kier molecular flexibility index (Phi) is 3.81. The van der Waals surface area contributed by atoms with Crippen LogP contribution in [0.25, 0.3) is 0 Å². The number of carbonyl (C=O) groups excluding carboxylic acids is 1. The molecule has 0 saturated heterocycles. The van der Waals surface area contributed by atoms with Crippen LogP contribution in [-0.2, 0) is 0 Å². The van der Waals surface area contributed by atoms with Gasteiger partial charge in [0.05, 0.1) is 11.7 Å². The van der Waals surface area contributed by atoms with Crippen molar-refractivity contribution in [3.8, 4) is 0 Å². The second-order valence-electron chi connectivity index (χ2n) is 4.54. The van der Waals surface area contributed by atoms with E-state index in [0.29, 0.717) is 11.6 Å². The lowest BCUT2D eigenvalue weighted by molar-refractivity contribution is 0.0889. The van der Waals surface area contributed by atoms with Crippen LogP contribution in [0.3, 0.4) is 0 Å². The maximum absolute atomic E-state index is 12.0. The number of hydrogen-bond donors (Lipinski definition) is 1. The Bertz CT molecular complexity index is 517. The highest BCUT2D eigenvalue weighted by Gasteiger charge is 2.21. The van der Waals surface area contributed by atoms with Crippen LogP contribution in [-0.4, -0.2) is 11.1 Å². The molecule has 0 saturated carbocycles. The summed E-state index contributed by atoms with van der Waals surface area (Å²) >= 11 is 1.64.